The number of rotatable bonds is 2. The summed E-state index contributed by atoms with van der Waals surface area (Å²) in [6, 6.07) is 14.1. The quantitative estimate of drug-likeness (QED) is 0.772. The van der Waals surface area contributed by atoms with E-state index in [1.54, 1.807) is 0 Å². The second-order valence-electron chi connectivity index (χ2n) is 8.65. The molecular formula is C24H29N3O2. The maximum Gasteiger partial charge on any atom is 0.324 e. The number of urea groups is 1. The van der Waals surface area contributed by atoms with Gasteiger partial charge in [0.15, 0.2) is 0 Å². The van der Waals surface area contributed by atoms with Crippen LogP contribution in [0.15, 0.2) is 42.5 Å². The van der Waals surface area contributed by atoms with Gasteiger partial charge in [0.25, 0.3) is 5.91 Å². The molecule has 1 spiro atoms. The molecule has 5 nitrogen and oxygen atoms in total. The second kappa shape index (κ2) is 7.21. The number of likely N-dealkylation sites (N-methyl/N-ethyl adjacent to an activating group) is 1. The third-order valence-electron chi connectivity index (χ3n) is 6.33. The highest BCUT2D eigenvalue weighted by Crippen LogP contribution is 2.40. The predicted octanol–water partition coefficient (Wildman–Crippen LogP) is 4.16. The number of benzene rings is 2. The highest BCUT2D eigenvalue weighted by Gasteiger charge is 2.51. The van der Waals surface area contributed by atoms with Crippen molar-refractivity contribution in [2.45, 2.75) is 39.2 Å². The number of hydrogen-bond acceptors (Lipinski definition) is 2. The summed E-state index contributed by atoms with van der Waals surface area (Å²) in [6.07, 6.45) is 1.57. The lowest BCUT2D eigenvalue weighted by Crippen LogP contribution is -2.56. The molecule has 2 heterocycles. The van der Waals surface area contributed by atoms with Gasteiger partial charge in [-0.2, -0.15) is 0 Å². The molecule has 2 aromatic rings. The summed E-state index contributed by atoms with van der Waals surface area (Å²) in [7, 11) is 1.87. The molecule has 29 heavy (non-hydrogen) atoms. The molecule has 2 saturated heterocycles. The Bertz CT molecular complexity index is 940. The van der Waals surface area contributed by atoms with Crippen molar-refractivity contribution in [1.29, 1.82) is 0 Å². The molecule has 2 aromatic carbocycles. The summed E-state index contributed by atoms with van der Waals surface area (Å²) < 4.78 is 0. The predicted molar refractivity (Wildman–Crippen MR) is 115 cm³/mol. The van der Waals surface area contributed by atoms with Gasteiger partial charge in [-0.3, -0.25) is 9.69 Å². The fourth-order valence-electron chi connectivity index (χ4n) is 4.91. The topological polar surface area (TPSA) is 43.9 Å². The molecule has 0 unspecified atom stereocenters. The summed E-state index contributed by atoms with van der Waals surface area (Å²) >= 11 is 0. The number of aryl methyl sites for hydroxylation is 3. The van der Waals surface area contributed by atoms with Gasteiger partial charge in [-0.25, -0.2) is 4.79 Å². The molecule has 0 saturated carbocycles. The van der Waals surface area contributed by atoms with E-state index in [2.05, 4.69) is 6.07 Å². The molecule has 0 aromatic heterocycles. The Morgan fingerprint density at radius 3 is 2.21 bits per heavy atom. The van der Waals surface area contributed by atoms with Gasteiger partial charge in [0.1, 0.15) is 0 Å². The lowest BCUT2D eigenvalue weighted by atomic mass is 9.85. The minimum Gasteiger partial charge on any atom is -0.338 e. The number of para-hydroxylation sites is 1. The van der Waals surface area contributed by atoms with E-state index in [-0.39, 0.29) is 17.5 Å². The first-order chi connectivity index (χ1) is 13.8. The van der Waals surface area contributed by atoms with Crippen molar-refractivity contribution in [2.24, 2.45) is 0 Å². The van der Waals surface area contributed by atoms with Crippen LogP contribution >= 0.6 is 0 Å². The monoisotopic (exact) mass is 391 g/mol. The van der Waals surface area contributed by atoms with Gasteiger partial charge < -0.3 is 9.80 Å². The van der Waals surface area contributed by atoms with Crippen LogP contribution in [0.4, 0.5) is 10.5 Å². The Balaban J connectivity index is 1.57. The van der Waals surface area contributed by atoms with Gasteiger partial charge in [-0.15, -0.1) is 0 Å². The Morgan fingerprint density at radius 1 is 0.966 bits per heavy atom. The van der Waals surface area contributed by atoms with Crippen LogP contribution in [-0.2, 0) is 0 Å². The van der Waals surface area contributed by atoms with E-state index >= 15 is 0 Å². The molecule has 2 aliphatic heterocycles. The Hall–Kier alpha value is -2.82. The average Bonchev–Trinajstić information content (AvgIpc) is 2.91. The minimum absolute atomic E-state index is 0.0494. The first-order valence-corrected chi connectivity index (χ1v) is 10.3. The fraction of sp³-hybridized carbons (Fsp3) is 0.417. The van der Waals surface area contributed by atoms with Crippen LogP contribution in [0.5, 0.6) is 0 Å². The molecule has 3 amide bonds. The van der Waals surface area contributed by atoms with E-state index in [1.165, 1.54) is 0 Å². The molecule has 0 bridgehead atoms. The standard InChI is InChI=1S/C24H29N3O2/c1-17-13-18(2)15-20(14-17)22(28)26-11-9-24(10-12-26)16-25(4)23(29)27(24)21-8-6-5-7-19(21)3/h5-8,13-15H,9-12,16H2,1-4H3. The number of anilines is 1. The molecule has 0 aliphatic carbocycles. The van der Waals surface area contributed by atoms with E-state index < -0.39 is 0 Å². The molecular weight excluding hydrogens is 362 g/mol. The number of likely N-dealkylation sites (tertiary alicyclic amines) is 1. The van der Waals surface area contributed by atoms with Crippen LogP contribution in [0.25, 0.3) is 0 Å². The molecule has 4 rings (SSSR count). The maximum atomic E-state index is 13.1. The summed E-state index contributed by atoms with van der Waals surface area (Å²) in [4.78, 5) is 31.8. The van der Waals surface area contributed by atoms with Gasteiger partial charge in [0.2, 0.25) is 0 Å². The lowest BCUT2D eigenvalue weighted by Gasteiger charge is -2.44. The van der Waals surface area contributed by atoms with Crippen molar-refractivity contribution in [3.05, 3.63) is 64.7 Å². The number of nitrogens with zero attached hydrogens (tertiary/aromatic N) is 3. The highest BCUT2D eigenvalue weighted by molar-refractivity contribution is 5.97. The Morgan fingerprint density at radius 2 is 1.59 bits per heavy atom. The van der Waals surface area contributed by atoms with Crippen LogP contribution in [0.2, 0.25) is 0 Å². The van der Waals surface area contributed by atoms with E-state index in [0.717, 1.165) is 40.8 Å². The highest BCUT2D eigenvalue weighted by atomic mass is 16.2. The smallest absolute Gasteiger partial charge is 0.324 e. The van der Waals surface area contributed by atoms with Crippen LogP contribution in [0.3, 0.4) is 0 Å². The summed E-state index contributed by atoms with van der Waals surface area (Å²) in [5.41, 5.74) is 4.80. The third-order valence-corrected chi connectivity index (χ3v) is 6.33. The van der Waals surface area contributed by atoms with E-state index in [1.807, 2.05) is 78.9 Å². The van der Waals surface area contributed by atoms with Gasteiger partial charge in [-0.1, -0.05) is 35.4 Å². The zero-order valence-corrected chi connectivity index (χ0v) is 17.7. The largest absolute Gasteiger partial charge is 0.338 e. The molecule has 0 atom stereocenters. The van der Waals surface area contributed by atoms with E-state index in [9.17, 15) is 9.59 Å². The number of hydrogen-bond donors (Lipinski definition) is 0. The van der Waals surface area contributed by atoms with Gasteiger partial charge in [-0.05, 0) is 57.4 Å². The Labute approximate surface area is 172 Å². The van der Waals surface area contributed by atoms with E-state index in [4.69, 9.17) is 0 Å². The van der Waals surface area contributed by atoms with Crippen molar-refractivity contribution in [3.8, 4) is 0 Å². The molecule has 0 N–H and O–H groups in total. The average molecular weight is 392 g/mol. The van der Waals surface area contributed by atoms with E-state index in [0.29, 0.717) is 19.6 Å². The van der Waals surface area contributed by atoms with Crippen LogP contribution in [0, 0.1) is 20.8 Å². The zero-order valence-electron chi connectivity index (χ0n) is 17.7. The van der Waals surface area contributed by atoms with Gasteiger partial charge in [0, 0.05) is 37.9 Å². The normalized spacial score (nSPS) is 18.6. The summed E-state index contributed by atoms with van der Waals surface area (Å²) in [6.45, 7) is 8.12. The number of carbonyl (C=O) groups excluding carboxylic acids is 2. The first kappa shape index (κ1) is 19.5. The molecule has 152 valence electrons. The second-order valence-corrected chi connectivity index (χ2v) is 8.65. The zero-order chi connectivity index (χ0) is 20.8. The SMILES string of the molecule is Cc1cc(C)cc(C(=O)N2CCC3(CC2)CN(C)C(=O)N3c2ccccc2C)c1. The van der Waals surface area contributed by atoms with Crippen molar-refractivity contribution < 1.29 is 9.59 Å². The van der Waals surface area contributed by atoms with Crippen LogP contribution < -0.4 is 4.90 Å². The number of carbonyl (C=O) groups is 2. The van der Waals surface area contributed by atoms with Crippen LogP contribution in [-0.4, -0.2) is 54.0 Å². The van der Waals surface area contributed by atoms with Crippen molar-refractivity contribution in [3.63, 3.8) is 0 Å². The minimum atomic E-state index is -0.253. The summed E-state index contributed by atoms with van der Waals surface area (Å²) in [5.74, 6) is 0.0896. The maximum absolute atomic E-state index is 13.1. The molecule has 5 heteroatoms. The third kappa shape index (κ3) is 3.39. The lowest BCUT2D eigenvalue weighted by molar-refractivity contribution is 0.0674. The van der Waals surface area contributed by atoms with Gasteiger partial charge in [0.05, 0.1) is 5.54 Å². The summed E-state index contributed by atoms with van der Waals surface area (Å²) in [5, 5.41) is 0. The van der Waals surface area contributed by atoms with Crippen molar-refractivity contribution >= 4 is 17.6 Å². The Kier molecular flexibility index (Phi) is 4.85. The van der Waals surface area contributed by atoms with Crippen molar-refractivity contribution in [2.75, 3.05) is 31.6 Å². The number of piperidine rings is 1. The molecule has 0 radical (unpaired) electrons. The molecule has 2 fully saturated rings. The number of amides is 3. The fourth-order valence-corrected chi connectivity index (χ4v) is 4.91. The molecule has 2 aliphatic rings. The van der Waals surface area contributed by atoms with Gasteiger partial charge >= 0.3 is 6.03 Å². The first-order valence-electron chi connectivity index (χ1n) is 10.3. The van der Waals surface area contributed by atoms with Crippen molar-refractivity contribution in [1.82, 2.24) is 9.80 Å². The van der Waals surface area contributed by atoms with Crippen LogP contribution in [0.1, 0.15) is 39.9 Å².